The van der Waals surface area contributed by atoms with E-state index in [9.17, 15) is 0 Å². The highest BCUT2D eigenvalue weighted by molar-refractivity contribution is 6.31. The monoisotopic (exact) mass is 265 g/mol. The van der Waals surface area contributed by atoms with Crippen LogP contribution >= 0.6 is 11.6 Å². The molecule has 0 amide bonds. The molecule has 0 aliphatic heterocycles. The summed E-state index contributed by atoms with van der Waals surface area (Å²) in [7, 11) is 1.95. The molecule has 2 N–H and O–H groups in total. The molecule has 0 saturated carbocycles. The molecule has 2 heterocycles. The molecule has 2 rings (SSSR count). The third-order valence-corrected chi connectivity index (χ3v) is 3.02. The number of aryl methyl sites for hydroxylation is 1. The number of hydrogen-bond donors (Lipinski definition) is 1. The molecule has 0 spiro atoms. The first-order chi connectivity index (χ1) is 8.60. The summed E-state index contributed by atoms with van der Waals surface area (Å²) in [6, 6.07) is 7.60. The summed E-state index contributed by atoms with van der Waals surface area (Å²) in [6.07, 6.45) is 0. The van der Waals surface area contributed by atoms with E-state index in [2.05, 4.69) is 4.98 Å². The van der Waals surface area contributed by atoms with Gasteiger partial charge in [0.15, 0.2) is 0 Å². The summed E-state index contributed by atoms with van der Waals surface area (Å²) in [6.45, 7) is 2.92. The largest absolute Gasteiger partial charge is 0.464 e. The Bertz CT molecular complexity index is 539. The van der Waals surface area contributed by atoms with Crippen LogP contribution in [0.1, 0.15) is 17.2 Å². The van der Waals surface area contributed by atoms with E-state index in [0.29, 0.717) is 23.8 Å². The zero-order chi connectivity index (χ0) is 13.1. The molecule has 0 saturated heterocycles. The van der Waals surface area contributed by atoms with Crippen LogP contribution in [0, 0.1) is 6.92 Å². The fraction of sp³-hybridized carbons (Fsp3) is 0.308. The number of hydrogen-bond acceptors (Lipinski definition) is 4. The van der Waals surface area contributed by atoms with Crippen LogP contribution in [0.2, 0.25) is 5.02 Å². The first kappa shape index (κ1) is 12.9. The molecular weight excluding hydrogens is 250 g/mol. The van der Waals surface area contributed by atoms with Crippen LogP contribution in [-0.4, -0.2) is 12.0 Å². The van der Waals surface area contributed by atoms with Crippen LogP contribution in [0.4, 0.5) is 5.82 Å². The summed E-state index contributed by atoms with van der Waals surface area (Å²) in [5.41, 5.74) is 6.30. The molecule has 2 aromatic heterocycles. The second kappa shape index (κ2) is 5.42. The summed E-state index contributed by atoms with van der Waals surface area (Å²) >= 11 is 5.99. The molecule has 0 unspecified atom stereocenters. The Morgan fingerprint density at radius 1 is 1.33 bits per heavy atom. The van der Waals surface area contributed by atoms with E-state index in [4.69, 9.17) is 21.8 Å². The molecule has 5 heteroatoms. The van der Waals surface area contributed by atoms with Crippen molar-refractivity contribution in [2.45, 2.75) is 20.0 Å². The molecule has 18 heavy (non-hydrogen) atoms. The Hall–Kier alpha value is -1.52. The van der Waals surface area contributed by atoms with E-state index in [0.717, 1.165) is 17.3 Å². The van der Waals surface area contributed by atoms with E-state index >= 15 is 0 Å². The molecule has 0 aromatic carbocycles. The standard InChI is InChI=1S/C13H16ClN3O/c1-9-3-4-10(18-9)8-17(2)13-6-5-11(14)12(7-15)16-13/h3-6H,7-8,15H2,1-2H3. The Labute approximate surface area is 111 Å². The maximum atomic E-state index is 5.99. The number of nitrogens with two attached hydrogens (primary N) is 1. The summed E-state index contributed by atoms with van der Waals surface area (Å²) < 4.78 is 5.54. The zero-order valence-corrected chi connectivity index (χ0v) is 11.2. The van der Waals surface area contributed by atoms with Gasteiger partial charge in [0.2, 0.25) is 0 Å². The average Bonchev–Trinajstić information content (AvgIpc) is 2.75. The highest BCUT2D eigenvalue weighted by Gasteiger charge is 2.08. The van der Waals surface area contributed by atoms with Gasteiger partial charge in [-0.25, -0.2) is 4.98 Å². The van der Waals surface area contributed by atoms with E-state index in [1.165, 1.54) is 0 Å². The summed E-state index contributed by atoms with van der Waals surface area (Å²) in [5.74, 6) is 2.64. The smallest absolute Gasteiger partial charge is 0.129 e. The lowest BCUT2D eigenvalue weighted by Crippen LogP contribution is -2.18. The number of nitrogens with zero attached hydrogens (tertiary/aromatic N) is 2. The normalized spacial score (nSPS) is 10.7. The predicted molar refractivity (Wildman–Crippen MR) is 72.7 cm³/mol. The lowest BCUT2D eigenvalue weighted by molar-refractivity contribution is 0.481. The van der Waals surface area contributed by atoms with Gasteiger partial charge in [0.25, 0.3) is 0 Å². The zero-order valence-electron chi connectivity index (χ0n) is 10.5. The maximum absolute atomic E-state index is 5.99. The first-order valence-corrected chi connectivity index (χ1v) is 6.10. The topological polar surface area (TPSA) is 55.3 Å². The quantitative estimate of drug-likeness (QED) is 0.924. The molecule has 0 fully saturated rings. The van der Waals surface area contributed by atoms with Gasteiger partial charge < -0.3 is 15.1 Å². The summed E-state index contributed by atoms with van der Waals surface area (Å²) in [5, 5.41) is 0.600. The molecular formula is C13H16ClN3O. The number of furan rings is 1. The molecule has 0 aliphatic rings. The lowest BCUT2D eigenvalue weighted by Gasteiger charge is -2.17. The van der Waals surface area contributed by atoms with Crippen LogP contribution < -0.4 is 10.6 Å². The van der Waals surface area contributed by atoms with E-state index in [-0.39, 0.29) is 0 Å². The Balaban J connectivity index is 2.15. The number of halogens is 1. The minimum absolute atomic E-state index is 0.334. The minimum Gasteiger partial charge on any atom is -0.464 e. The lowest BCUT2D eigenvalue weighted by atomic mass is 10.3. The predicted octanol–water partition coefficient (Wildman–Crippen LogP) is 2.73. The third-order valence-electron chi connectivity index (χ3n) is 2.68. The van der Waals surface area contributed by atoms with Gasteiger partial charge in [-0.1, -0.05) is 11.6 Å². The van der Waals surface area contributed by atoms with Crippen molar-refractivity contribution >= 4 is 17.4 Å². The Kier molecular flexibility index (Phi) is 3.89. The van der Waals surface area contributed by atoms with Gasteiger partial charge >= 0.3 is 0 Å². The fourth-order valence-corrected chi connectivity index (χ4v) is 1.90. The number of pyridine rings is 1. The van der Waals surface area contributed by atoms with Gasteiger partial charge in [0.05, 0.1) is 17.3 Å². The van der Waals surface area contributed by atoms with Crippen molar-refractivity contribution in [3.05, 3.63) is 46.5 Å². The van der Waals surface area contributed by atoms with Crippen LogP contribution in [0.5, 0.6) is 0 Å². The molecule has 0 radical (unpaired) electrons. The van der Waals surface area contributed by atoms with Crippen LogP contribution in [0.3, 0.4) is 0 Å². The van der Waals surface area contributed by atoms with Gasteiger partial charge in [-0.05, 0) is 31.2 Å². The molecule has 2 aromatic rings. The van der Waals surface area contributed by atoms with Crippen LogP contribution in [0.15, 0.2) is 28.7 Å². The number of rotatable bonds is 4. The highest BCUT2D eigenvalue weighted by Crippen LogP contribution is 2.20. The van der Waals surface area contributed by atoms with Crippen molar-refractivity contribution in [3.8, 4) is 0 Å². The minimum atomic E-state index is 0.334. The van der Waals surface area contributed by atoms with Crippen molar-refractivity contribution in [2.75, 3.05) is 11.9 Å². The summed E-state index contributed by atoms with van der Waals surface area (Å²) in [4.78, 5) is 6.41. The average molecular weight is 266 g/mol. The van der Waals surface area contributed by atoms with Crippen molar-refractivity contribution < 1.29 is 4.42 Å². The fourth-order valence-electron chi connectivity index (χ4n) is 1.71. The van der Waals surface area contributed by atoms with Crippen LogP contribution in [0.25, 0.3) is 0 Å². The number of aromatic nitrogens is 1. The SMILES string of the molecule is Cc1ccc(CN(C)c2ccc(Cl)c(CN)n2)o1. The Morgan fingerprint density at radius 2 is 2.11 bits per heavy atom. The maximum Gasteiger partial charge on any atom is 0.129 e. The van der Waals surface area contributed by atoms with Crippen molar-refractivity contribution in [2.24, 2.45) is 5.73 Å². The molecule has 0 atom stereocenters. The van der Waals surface area contributed by atoms with Gasteiger partial charge in [-0.2, -0.15) is 0 Å². The van der Waals surface area contributed by atoms with E-state index in [1.807, 2.05) is 43.1 Å². The van der Waals surface area contributed by atoms with Crippen molar-refractivity contribution in [3.63, 3.8) is 0 Å². The van der Waals surface area contributed by atoms with Crippen LogP contribution in [-0.2, 0) is 13.1 Å². The van der Waals surface area contributed by atoms with Crippen molar-refractivity contribution in [1.29, 1.82) is 0 Å². The first-order valence-electron chi connectivity index (χ1n) is 5.72. The molecule has 96 valence electrons. The third kappa shape index (κ3) is 2.83. The van der Waals surface area contributed by atoms with Gasteiger partial charge in [0, 0.05) is 13.6 Å². The number of anilines is 1. The van der Waals surface area contributed by atoms with Gasteiger partial charge in [0.1, 0.15) is 17.3 Å². The van der Waals surface area contributed by atoms with E-state index < -0.39 is 0 Å². The van der Waals surface area contributed by atoms with E-state index in [1.54, 1.807) is 0 Å². The second-order valence-electron chi connectivity index (χ2n) is 4.17. The van der Waals surface area contributed by atoms with Gasteiger partial charge in [-0.3, -0.25) is 0 Å². The molecule has 0 bridgehead atoms. The molecule has 0 aliphatic carbocycles. The van der Waals surface area contributed by atoms with Gasteiger partial charge in [-0.15, -0.1) is 0 Å². The molecule has 4 nitrogen and oxygen atoms in total. The Morgan fingerprint density at radius 3 is 2.72 bits per heavy atom. The highest BCUT2D eigenvalue weighted by atomic mass is 35.5. The van der Waals surface area contributed by atoms with Crippen molar-refractivity contribution in [1.82, 2.24) is 4.98 Å². The second-order valence-corrected chi connectivity index (χ2v) is 4.58.